The summed E-state index contributed by atoms with van der Waals surface area (Å²) >= 11 is 0. The Hall–Kier alpha value is -2.50. The summed E-state index contributed by atoms with van der Waals surface area (Å²) in [6.45, 7) is 2.81. The van der Waals surface area contributed by atoms with Crippen LogP contribution in [0.15, 0.2) is 36.9 Å². The Balaban J connectivity index is 2.08. The van der Waals surface area contributed by atoms with E-state index < -0.39 is 0 Å². The fraction of sp³-hybridized carbons (Fsp3) is 0.333. The fourth-order valence-electron chi connectivity index (χ4n) is 1.92. The van der Waals surface area contributed by atoms with Gasteiger partial charge >= 0.3 is 5.97 Å². The molecule has 0 aliphatic rings. The Labute approximate surface area is 123 Å². The molecule has 110 valence electrons. The molecular weight excluding hydrogens is 268 g/mol. The molecule has 6 nitrogen and oxygen atoms in total. The molecule has 0 fully saturated rings. The first-order chi connectivity index (χ1) is 10.2. The minimum absolute atomic E-state index is 0.344. The average molecular weight is 286 g/mol. The van der Waals surface area contributed by atoms with E-state index in [1.54, 1.807) is 43.8 Å². The molecule has 0 bridgehead atoms. The second-order valence-electron chi connectivity index (χ2n) is 4.46. The molecule has 0 radical (unpaired) electrons. The zero-order chi connectivity index (χ0) is 15.1. The third-order valence-electron chi connectivity index (χ3n) is 2.96. The van der Waals surface area contributed by atoms with Crippen LogP contribution in [-0.2, 0) is 11.2 Å². The lowest BCUT2D eigenvalue weighted by atomic mass is 10.2. The van der Waals surface area contributed by atoms with E-state index in [9.17, 15) is 4.79 Å². The van der Waals surface area contributed by atoms with Crippen molar-refractivity contribution < 1.29 is 9.53 Å². The largest absolute Gasteiger partial charge is 0.462 e. The molecule has 0 saturated carbocycles. The number of pyridine rings is 1. The molecule has 21 heavy (non-hydrogen) atoms. The van der Waals surface area contributed by atoms with Crippen LogP contribution < -0.4 is 4.90 Å². The third-order valence-corrected chi connectivity index (χ3v) is 2.96. The van der Waals surface area contributed by atoms with Gasteiger partial charge in [-0.15, -0.1) is 0 Å². The van der Waals surface area contributed by atoms with Crippen molar-refractivity contribution in [3.63, 3.8) is 0 Å². The smallest absolute Gasteiger partial charge is 0.341 e. The molecule has 6 heteroatoms. The van der Waals surface area contributed by atoms with Crippen LogP contribution in [-0.4, -0.2) is 41.1 Å². The van der Waals surface area contributed by atoms with E-state index in [2.05, 4.69) is 15.0 Å². The van der Waals surface area contributed by atoms with E-state index in [0.717, 1.165) is 12.1 Å². The van der Waals surface area contributed by atoms with Gasteiger partial charge in [0, 0.05) is 44.8 Å². The highest BCUT2D eigenvalue weighted by molar-refractivity contribution is 5.94. The van der Waals surface area contributed by atoms with Gasteiger partial charge in [-0.25, -0.2) is 9.78 Å². The lowest BCUT2D eigenvalue weighted by Crippen LogP contribution is -2.24. The molecule has 0 spiro atoms. The van der Waals surface area contributed by atoms with Gasteiger partial charge in [0.25, 0.3) is 0 Å². The van der Waals surface area contributed by atoms with E-state index in [-0.39, 0.29) is 5.97 Å². The lowest BCUT2D eigenvalue weighted by Gasteiger charge is -2.20. The number of aromatic nitrogens is 3. The molecule has 0 aromatic carbocycles. The number of hydrogen-bond acceptors (Lipinski definition) is 6. The van der Waals surface area contributed by atoms with E-state index in [0.29, 0.717) is 24.5 Å². The molecule has 0 aliphatic heterocycles. The summed E-state index contributed by atoms with van der Waals surface area (Å²) in [5.41, 5.74) is 1.37. The first-order valence-electron chi connectivity index (χ1n) is 6.80. The van der Waals surface area contributed by atoms with E-state index in [1.807, 2.05) is 11.9 Å². The van der Waals surface area contributed by atoms with Gasteiger partial charge in [0.05, 0.1) is 12.3 Å². The quantitative estimate of drug-likeness (QED) is 0.753. The summed E-state index contributed by atoms with van der Waals surface area (Å²) in [7, 11) is 1.89. The minimum Gasteiger partial charge on any atom is -0.462 e. The van der Waals surface area contributed by atoms with Gasteiger partial charge in [0.1, 0.15) is 11.4 Å². The predicted octanol–water partition coefficient (Wildman–Crippen LogP) is 1.73. The van der Waals surface area contributed by atoms with Gasteiger partial charge in [0.15, 0.2) is 0 Å². The molecule has 0 atom stereocenters. The molecule has 2 heterocycles. The standard InChI is InChI=1S/C15H18N4O2/c1-3-21-15(20)13-5-4-7-18-14(13)19(2)10-6-12-11-16-8-9-17-12/h4-5,7-9,11H,3,6,10H2,1-2H3. The van der Waals surface area contributed by atoms with Crippen LogP contribution >= 0.6 is 0 Å². The molecule has 0 amide bonds. The number of likely N-dealkylation sites (N-methyl/N-ethyl adjacent to an activating group) is 1. The highest BCUT2D eigenvalue weighted by Crippen LogP contribution is 2.17. The summed E-state index contributed by atoms with van der Waals surface area (Å²) in [4.78, 5) is 26.4. The summed E-state index contributed by atoms with van der Waals surface area (Å²) in [6.07, 6.45) is 7.43. The summed E-state index contributed by atoms with van der Waals surface area (Å²) in [6, 6.07) is 3.45. The van der Waals surface area contributed by atoms with Crippen LogP contribution in [0.4, 0.5) is 5.82 Å². The molecule has 2 rings (SSSR count). The van der Waals surface area contributed by atoms with Crippen LogP contribution in [0.5, 0.6) is 0 Å². The van der Waals surface area contributed by atoms with Crippen LogP contribution in [0.1, 0.15) is 23.0 Å². The van der Waals surface area contributed by atoms with Crippen molar-refractivity contribution in [2.24, 2.45) is 0 Å². The third kappa shape index (κ3) is 3.98. The number of hydrogen-bond donors (Lipinski definition) is 0. The van der Waals surface area contributed by atoms with Gasteiger partial charge in [0.2, 0.25) is 0 Å². The van der Waals surface area contributed by atoms with E-state index in [4.69, 9.17) is 4.74 Å². The van der Waals surface area contributed by atoms with Crippen molar-refractivity contribution in [1.29, 1.82) is 0 Å². The van der Waals surface area contributed by atoms with Crippen molar-refractivity contribution in [1.82, 2.24) is 15.0 Å². The number of rotatable bonds is 6. The topological polar surface area (TPSA) is 68.2 Å². The van der Waals surface area contributed by atoms with Crippen molar-refractivity contribution in [2.45, 2.75) is 13.3 Å². The SMILES string of the molecule is CCOC(=O)c1cccnc1N(C)CCc1cnccn1. The Morgan fingerprint density at radius 1 is 1.29 bits per heavy atom. The molecule has 0 aliphatic carbocycles. The van der Waals surface area contributed by atoms with E-state index in [1.165, 1.54) is 0 Å². The normalized spacial score (nSPS) is 10.2. The Kier molecular flexibility index (Phi) is 5.20. The lowest BCUT2D eigenvalue weighted by molar-refractivity contribution is 0.0526. The number of carbonyl (C=O) groups excluding carboxylic acids is 1. The van der Waals surface area contributed by atoms with Gasteiger partial charge in [-0.05, 0) is 19.1 Å². The van der Waals surface area contributed by atoms with Crippen molar-refractivity contribution >= 4 is 11.8 Å². The number of carbonyl (C=O) groups is 1. The maximum Gasteiger partial charge on any atom is 0.341 e. The van der Waals surface area contributed by atoms with Crippen LogP contribution in [0.3, 0.4) is 0 Å². The van der Waals surface area contributed by atoms with E-state index >= 15 is 0 Å². The minimum atomic E-state index is -0.355. The number of nitrogens with zero attached hydrogens (tertiary/aromatic N) is 4. The maximum atomic E-state index is 11.9. The molecule has 0 N–H and O–H groups in total. The van der Waals surface area contributed by atoms with Gasteiger partial charge in [-0.2, -0.15) is 0 Å². The maximum absolute atomic E-state index is 11.9. The van der Waals surface area contributed by atoms with Gasteiger partial charge < -0.3 is 9.64 Å². The van der Waals surface area contributed by atoms with Crippen LogP contribution in [0.25, 0.3) is 0 Å². The summed E-state index contributed by atoms with van der Waals surface area (Å²) < 4.78 is 5.05. The Morgan fingerprint density at radius 2 is 2.14 bits per heavy atom. The van der Waals surface area contributed by atoms with Crippen LogP contribution in [0.2, 0.25) is 0 Å². The first-order valence-corrected chi connectivity index (χ1v) is 6.80. The monoisotopic (exact) mass is 286 g/mol. The van der Waals surface area contributed by atoms with Gasteiger partial charge in [-0.1, -0.05) is 0 Å². The van der Waals surface area contributed by atoms with Crippen molar-refractivity contribution in [2.75, 3.05) is 25.1 Å². The van der Waals surface area contributed by atoms with Crippen molar-refractivity contribution in [3.05, 3.63) is 48.2 Å². The highest BCUT2D eigenvalue weighted by Gasteiger charge is 2.16. The fourth-order valence-corrected chi connectivity index (χ4v) is 1.92. The first kappa shape index (κ1) is 14.9. The summed E-state index contributed by atoms with van der Waals surface area (Å²) in [5, 5.41) is 0. The Morgan fingerprint density at radius 3 is 2.86 bits per heavy atom. The zero-order valence-electron chi connectivity index (χ0n) is 12.2. The molecule has 2 aromatic rings. The van der Waals surface area contributed by atoms with Crippen molar-refractivity contribution in [3.8, 4) is 0 Å². The second-order valence-corrected chi connectivity index (χ2v) is 4.46. The number of anilines is 1. The predicted molar refractivity (Wildman–Crippen MR) is 79.2 cm³/mol. The molecular formula is C15H18N4O2. The average Bonchev–Trinajstić information content (AvgIpc) is 2.54. The molecule has 0 saturated heterocycles. The second kappa shape index (κ2) is 7.33. The molecule has 2 aromatic heterocycles. The zero-order valence-corrected chi connectivity index (χ0v) is 12.2. The highest BCUT2D eigenvalue weighted by atomic mass is 16.5. The summed E-state index contributed by atoms with van der Waals surface area (Å²) in [5.74, 6) is 0.256. The number of esters is 1. The number of ether oxygens (including phenoxy) is 1. The molecule has 0 unspecified atom stereocenters. The van der Waals surface area contributed by atoms with Crippen LogP contribution in [0, 0.1) is 0 Å². The van der Waals surface area contributed by atoms with Gasteiger partial charge in [-0.3, -0.25) is 9.97 Å². The Bertz CT molecular complexity index is 589.